The van der Waals surface area contributed by atoms with Crippen molar-refractivity contribution in [2.75, 3.05) is 0 Å². The summed E-state index contributed by atoms with van der Waals surface area (Å²) in [6.45, 7) is 0. The highest BCUT2D eigenvalue weighted by Crippen LogP contribution is 2.26. The monoisotopic (exact) mass is 180 g/mol. The van der Waals surface area contributed by atoms with Crippen LogP contribution in [0, 0.1) is 0 Å². The van der Waals surface area contributed by atoms with Crippen molar-refractivity contribution in [3.8, 4) is 5.75 Å². The largest absolute Gasteiger partial charge is 0.506 e. The average Bonchev–Trinajstić information content (AvgIpc) is 2.12. The Balaban J connectivity index is 2.95. The summed E-state index contributed by atoms with van der Waals surface area (Å²) in [4.78, 5) is 7.66. The summed E-state index contributed by atoms with van der Waals surface area (Å²) in [5.41, 5.74) is 0. The molecule has 2 rings (SSSR count). The lowest BCUT2D eigenvalue weighted by atomic mass is 10.2. The topological polar surface area (TPSA) is 46.0 Å². The number of fused-ring (bicyclic) bond motifs is 1. The van der Waals surface area contributed by atoms with Gasteiger partial charge in [0, 0.05) is 23.2 Å². The summed E-state index contributed by atoms with van der Waals surface area (Å²) in [7, 11) is 0. The van der Waals surface area contributed by atoms with Gasteiger partial charge in [0.25, 0.3) is 0 Å². The molecule has 0 radical (unpaired) electrons. The Kier molecular flexibility index (Phi) is 1.59. The van der Waals surface area contributed by atoms with Crippen molar-refractivity contribution in [1.29, 1.82) is 0 Å². The fourth-order valence-corrected chi connectivity index (χ4v) is 1.24. The smallest absolute Gasteiger partial charge is 0.141 e. The molecule has 0 unspecified atom stereocenters. The number of aromatic nitrogens is 2. The number of halogens is 1. The molecule has 2 aromatic heterocycles. The molecular weight excluding hydrogens is 176 g/mol. The molecule has 0 amide bonds. The van der Waals surface area contributed by atoms with E-state index >= 15 is 0 Å². The highest BCUT2D eigenvalue weighted by Gasteiger charge is 2.03. The molecule has 0 aliphatic carbocycles. The van der Waals surface area contributed by atoms with Crippen LogP contribution in [-0.4, -0.2) is 15.1 Å². The lowest BCUT2D eigenvalue weighted by molar-refractivity contribution is 0.479. The zero-order chi connectivity index (χ0) is 8.55. The van der Waals surface area contributed by atoms with E-state index in [0.29, 0.717) is 15.9 Å². The second-order valence-corrected chi connectivity index (χ2v) is 2.71. The minimum Gasteiger partial charge on any atom is -0.506 e. The van der Waals surface area contributed by atoms with Crippen LogP contribution in [0.1, 0.15) is 0 Å². The normalized spacial score (nSPS) is 10.4. The first-order valence-electron chi connectivity index (χ1n) is 3.36. The molecule has 0 atom stereocenters. The molecule has 2 aromatic rings. The summed E-state index contributed by atoms with van der Waals surface area (Å²) in [6.07, 6.45) is 4.49. The van der Waals surface area contributed by atoms with Crippen LogP contribution >= 0.6 is 11.6 Å². The molecule has 4 heteroatoms. The quantitative estimate of drug-likeness (QED) is 0.631. The van der Waals surface area contributed by atoms with E-state index in [1.165, 1.54) is 6.20 Å². The first kappa shape index (κ1) is 7.31. The maximum atomic E-state index is 9.35. The third-order valence-electron chi connectivity index (χ3n) is 1.62. The number of aromatic hydroxyl groups is 1. The van der Waals surface area contributed by atoms with Crippen molar-refractivity contribution < 1.29 is 5.11 Å². The number of hydrogen-bond donors (Lipinski definition) is 1. The van der Waals surface area contributed by atoms with Crippen molar-refractivity contribution in [3.05, 3.63) is 29.8 Å². The molecular formula is C8H5ClN2O. The zero-order valence-electron chi connectivity index (χ0n) is 6.03. The average molecular weight is 181 g/mol. The van der Waals surface area contributed by atoms with Crippen molar-refractivity contribution >= 4 is 22.4 Å². The van der Waals surface area contributed by atoms with Crippen molar-refractivity contribution in [2.45, 2.75) is 0 Å². The van der Waals surface area contributed by atoms with Crippen LogP contribution in [0.25, 0.3) is 10.8 Å². The fraction of sp³-hybridized carbons (Fsp3) is 0. The van der Waals surface area contributed by atoms with E-state index in [9.17, 15) is 5.11 Å². The van der Waals surface area contributed by atoms with Gasteiger partial charge in [0.05, 0.1) is 6.20 Å². The van der Waals surface area contributed by atoms with Gasteiger partial charge < -0.3 is 5.11 Å². The van der Waals surface area contributed by atoms with E-state index in [1.807, 2.05) is 0 Å². The van der Waals surface area contributed by atoms with Gasteiger partial charge >= 0.3 is 0 Å². The minimum absolute atomic E-state index is 0.122. The molecule has 12 heavy (non-hydrogen) atoms. The number of hydrogen-bond acceptors (Lipinski definition) is 3. The van der Waals surface area contributed by atoms with Crippen molar-refractivity contribution in [2.24, 2.45) is 0 Å². The summed E-state index contributed by atoms with van der Waals surface area (Å²) in [5.74, 6) is 0.122. The third kappa shape index (κ3) is 0.987. The Labute approximate surface area is 73.6 Å². The summed E-state index contributed by atoms with van der Waals surface area (Å²) >= 11 is 5.77. The van der Waals surface area contributed by atoms with Crippen LogP contribution in [0.5, 0.6) is 5.75 Å². The number of rotatable bonds is 0. The molecule has 0 aliphatic rings. The molecule has 0 bridgehead atoms. The maximum Gasteiger partial charge on any atom is 0.141 e. The third-order valence-corrected chi connectivity index (χ3v) is 1.92. The molecule has 0 aromatic carbocycles. The molecule has 0 aliphatic heterocycles. The van der Waals surface area contributed by atoms with Crippen LogP contribution in [0.3, 0.4) is 0 Å². The molecule has 60 valence electrons. The summed E-state index contributed by atoms with van der Waals surface area (Å²) in [5, 5.41) is 11.0. The zero-order valence-corrected chi connectivity index (χ0v) is 6.78. The molecule has 0 saturated heterocycles. The Morgan fingerprint density at radius 1 is 1.25 bits per heavy atom. The highest BCUT2D eigenvalue weighted by molar-refractivity contribution is 6.34. The van der Waals surface area contributed by atoms with Crippen LogP contribution in [0.4, 0.5) is 0 Å². The van der Waals surface area contributed by atoms with Gasteiger partial charge in [0.15, 0.2) is 0 Å². The molecule has 1 N–H and O–H groups in total. The minimum atomic E-state index is 0.122. The van der Waals surface area contributed by atoms with Crippen molar-refractivity contribution in [3.63, 3.8) is 0 Å². The Morgan fingerprint density at radius 2 is 2.08 bits per heavy atom. The lowest BCUT2D eigenvalue weighted by Crippen LogP contribution is -1.81. The first-order chi connectivity index (χ1) is 5.79. The van der Waals surface area contributed by atoms with Gasteiger partial charge in [-0.15, -0.1) is 0 Å². The summed E-state index contributed by atoms with van der Waals surface area (Å²) in [6, 6.07) is 1.69. The molecule has 3 nitrogen and oxygen atoms in total. The molecule has 0 fully saturated rings. The van der Waals surface area contributed by atoms with E-state index in [2.05, 4.69) is 9.97 Å². The highest BCUT2D eigenvalue weighted by atomic mass is 35.5. The van der Waals surface area contributed by atoms with Gasteiger partial charge in [0.1, 0.15) is 10.9 Å². The van der Waals surface area contributed by atoms with Gasteiger partial charge in [-0.3, -0.25) is 4.98 Å². The Morgan fingerprint density at radius 3 is 2.83 bits per heavy atom. The SMILES string of the molecule is Oc1cnc(Cl)c2cnccc12. The standard InChI is InChI=1S/C8H5ClN2O/c9-8-6-3-10-2-1-5(6)7(12)4-11-8/h1-4,12H. The Hall–Kier alpha value is -1.35. The van der Waals surface area contributed by atoms with Gasteiger partial charge in [-0.1, -0.05) is 11.6 Å². The molecule has 0 saturated carbocycles. The van der Waals surface area contributed by atoms with Crippen LogP contribution in [0.15, 0.2) is 24.7 Å². The second-order valence-electron chi connectivity index (χ2n) is 2.36. The van der Waals surface area contributed by atoms with Crippen LogP contribution in [0.2, 0.25) is 5.15 Å². The predicted octanol–water partition coefficient (Wildman–Crippen LogP) is 1.99. The molecule has 2 heterocycles. The van der Waals surface area contributed by atoms with E-state index in [4.69, 9.17) is 11.6 Å². The summed E-state index contributed by atoms with van der Waals surface area (Å²) < 4.78 is 0. The first-order valence-corrected chi connectivity index (χ1v) is 3.74. The van der Waals surface area contributed by atoms with Crippen LogP contribution < -0.4 is 0 Å². The van der Waals surface area contributed by atoms with Crippen LogP contribution in [-0.2, 0) is 0 Å². The fourth-order valence-electron chi connectivity index (χ4n) is 1.04. The predicted molar refractivity (Wildman–Crippen MR) is 46.2 cm³/mol. The van der Waals surface area contributed by atoms with Gasteiger partial charge in [-0.25, -0.2) is 4.98 Å². The van der Waals surface area contributed by atoms with E-state index in [-0.39, 0.29) is 5.75 Å². The number of nitrogens with zero attached hydrogens (tertiary/aromatic N) is 2. The Bertz CT molecular complexity index is 390. The van der Waals surface area contributed by atoms with Gasteiger partial charge in [-0.05, 0) is 6.07 Å². The maximum absolute atomic E-state index is 9.35. The van der Waals surface area contributed by atoms with Gasteiger partial charge in [-0.2, -0.15) is 0 Å². The lowest BCUT2D eigenvalue weighted by Gasteiger charge is -1.99. The van der Waals surface area contributed by atoms with E-state index in [1.54, 1.807) is 18.5 Å². The van der Waals surface area contributed by atoms with Gasteiger partial charge in [0.2, 0.25) is 0 Å². The van der Waals surface area contributed by atoms with E-state index < -0.39 is 0 Å². The number of pyridine rings is 2. The molecule has 0 spiro atoms. The second kappa shape index (κ2) is 2.60. The van der Waals surface area contributed by atoms with Crippen molar-refractivity contribution in [1.82, 2.24) is 9.97 Å². The van der Waals surface area contributed by atoms with E-state index in [0.717, 1.165) is 0 Å².